The molecule has 0 amide bonds. The van der Waals surface area contributed by atoms with Crippen LogP contribution in [0.5, 0.6) is 0 Å². The van der Waals surface area contributed by atoms with E-state index in [0.29, 0.717) is 6.42 Å². The van der Waals surface area contributed by atoms with E-state index in [4.69, 9.17) is 0 Å². The molecule has 1 unspecified atom stereocenters. The van der Waals surface area contributed by atoms with Crippen LogP contribution in [0.2, 0.25) is 0 Å². The third-order valence-electron chi connectivity index (χ3n) is 2.59. The van der Waals surface area contributed by atoms with Crippen LogP contribution in [0.15, 0.2) is 37.9 Å². The second kappa shape index (κ2) is 5.65. The number of aliphatic hydroxyl groups excluding tert-OH is 1. The summed E-state index contributed by atoms with van der Waals surface area (Å²) >= 11 is 8.48. The van der Waals surface area contributed by atoms with Crippen molar-refractivity contribution in [3.63, 3.8) is 0 Å². The second-order valence-corrected chi connectivity index (χ2v) is 7.73. The molecule has 1 N–H and O–H groups in total. The van der Waals surface area contributed by atoms with E-state index in [1.54, 1.807) is 11.3 Å². The molecule has 1 heterocycles. The van der Waals surface area contributed by atoms with E-state index in [9.17, 15) is 5.11 Å². The Hall–Kier alpha value is -0.160. The monoisotopic (exact) mass is 374 g/mol. The molecule has 0 saturated heterocycles. The van der Waals surface area contributed by atoms with Gasteiger partial charge in [0.2, 0.25) is 0 Å². The minimum atomic E-state index is -0.463. The predicted octanol–water partition coefficient (Wildman–Crippen LogP) is 4.86. The first-order valence-electron chi connectivity index (χ1n) is 5.24. The summed E-state index contributed by atoms with van der Waals surface area (Å²) in [7, 11) is 0. The van der Waals surface area contributed by atoms with Gasteiger partial charge in [-0.25, -0.2) is 0 Å². The van der Waals surface area contributed by atoms with Gasteiger partial charge in [-0.3, -0.25) is 0 Å². The SMILES string of the molecule is Cc1ccc(CC(O)c2cc(Br)sc2Br)cc1. The molecule has 90 valence electrons. The summed E-state index contributed by atoms with van der Waals surface area (Å²) in [6.45, 7) is 2.06. The first-order valence-corrected chi connectivity index (χ1v) is 7.65. The summed E-state index contributed by atoms with van der Waals surface area (Å²) in [5.74, 6) is 0. The van der Waals surface area contributed by atoms with Gasteiger partial charge in [0.1, 0.15) is 0 Å². The molecule has 1 atom stereocenters. The molecule has 0 aliphatic heterocycles. The number of hydrogen-bond acceptors (Lipinski definition) is 2. The van der Waals surface area contributed by atoms with Crippen LogP contribution < -0.4 is 0 Å². The Morgan fingerprint density at radius 1 is 1.24 bits per heavy atom. The molecule has 0 bridgehead atoms. The Bertz CT molecular complexity index is 505. The fourth-order valence-corrected chi connectivity index (χ4v) is 4.59. The Morgan fingerprint density at radius 3 is 2.41 bits per heavy atom. The average Bonchev–Trinajstić information content (AvgIpc) is 2.61. The molecular weight excluding hydrogens is 364 g/mol. The van der Waals surface area contributed by atoms with E-state index >= 15 is 0 Å². The summed E-state index contributed by atoms with van der Waals surface area (Å²) in [6, 6.07) is 10.2. The number of halogens is 2. The van der Waals surface area contributed by atoms with E-state index in [1.807, 2.05) is 6.07 Å². The van der Waals surface area contributed by atoms with Gasteiger partial charge in [0.15, 0.2) is 0 Å². The zero-order valence-electron chi connectivity index (χ0n) is 9.28. The summed E-state index contributed by atoms with van der Waals surface area (Å²) in [6.07, 6.45) is 0.178. The second-order valence-electron chi connectivity index (χ2n) is 3.99. The molecule has 0 radical (unpaired) electrons. The van der Waals surface area contributed by atoms with Gasteiger partial charge in [0.05, 0.1) is 13.7 Å². The van der Waals surface area contributed by atoms with Crippen molar-refractivity contribution in [2.75, 3.05) is 0 Å². The molecule has 1 aromatic carbocycles. The Kier molecular flexibility index (Phi) is 4.42. The van der Waals surface area contributed by atoms with Gasteiger partial charge in [0, 0.05) is 12.0 Å². The van der Waals surface area contributed by atoms with Gasteiger partial charge < -0.3 is 5.11 Å². The van der Waals surface area contributed by atoms with Crippen LogP contribution in [-0.2, 0) is 6.42 Å². The molecule has 0 aliphatic carbocycles. The van der Waals surface area contributed by atoms with Crippen LogP contribution in [0.4, 0.5) is 0 Å². The van der Waals surface area contributed by atoms with Gasteiger partial charge >= 0.3 is 0 Å². The molecular formula is C13H12Br2OS. The lowest BCUT2D eigenvalue weighted by atomic mass is 10.0. The number of aliphatic hydroxyl groups is 1. The van der Waals surface area contributed by atoms with Crippen molar-refractivity contribution < 1.29 is 5.11 Å². The maximum Gasteiger partial charge on any atom is 0.0849 e. The minimum absolute atomic E-state index is 0.463. The van der Waals surface area contributed by atoms with E-state index in [2.05, 4.69) is 63.0 Å². The predicted molar refractivity (Wildman–Crippen MR) is 79.6 cm³/mol. The van der Waals surface area contributed by atoms with Crippen molar-refractivity contribution >= 4 is 43.2 Å². The van der Waals surface area contributed by atoms with Crippen LogP contribution in [0, 0.1) is 6.92 Å². The molecule has 0 fully saturated rings. The highest BCUT2D eigenvalue weighted by atomic mass is 79.9. The standard InChI is InChI=1S/C13H12Br2OS/c1-8-2-4-9(5-3-8)6-11(16)10-7-12(14)17-13(10)15/h2-5,7,11,16H,6H2,1H3. The van der Waals surface area contributed by atoms with Crippen molar-refractivity contribution in [1.29, 1.82) is 0 Å². The highest BCUT2D eigenvalue weighted by Gasteiger charge is 2.14. The first-order chi connectivity index (χ1) is 8.06. The maximum absolute atomic E-state index is 10.2. The van der Waals surface area contributed by atoms with Crippen LogP contribution in [0.3, 0.4) is 0 Å². The van der Waals surface area contributed by atoms with Crippen LogP contribution in [0.25, 0.3) is 0 Å². The van der Waals surface area contributed by atoms with E-state index in [1.165, 1.54) is 5.56 Å². The lowest BCUT2D eigenvalue weighted by Crippen LogP contribution is -2.01. The number of rotatable bonds is 3. The Labute approximate surface area is 122 Å². The van der Waals surface area contributed by atoms with Gasteiger partial charge in [-0.1, -0.05) is 29.8 Å². The normalized spacial score (nSPS) is 12.7. The van der Waals surface area contributed by atoms with Crippen molar-refractivity contribution in [1.82, 2.24) is 0 Å². The average molecular weight is 376 g/mol. The maximum atomic E-state index is 10.2. The van der Waals surface area contributed by atoms with Gasteiger partial charge in [-0.05, 0) is 50.4 Å². The topological polar surface area (TPSA) is 20.2 Å². The van der Waals surface area contributed by atoms with Crippen molar-refractivity contribution in [3.8, 4) is 0 Å². The molecule has 2 aromatic rings. The van der Waals surface area contributed by atoms with E-state index < -0.39 is 6.10 Å². The van der Waals surface area contributed by atoms with Crippen LogP contribution in [-0.4, -0.2) is 5.11 Å². The number of benzene rings is 1. The molecule has 0 spiro atoms. The fraction of sp³-hybridized carbons (Fsp3) is 0.231. The molecule has 4 heteroatoms. The largest absolute Gasteiger partial charge is 0.388 e. The summed E-state index contributed by atoms with van der Waals surface area (Å²) in [5, 5.41) is 10.2. The number of thiophene rings is 1. The number of aryl methyl sites for hydroxylation is 1. The van der Waals surface area contributed by atoms with E-state index in [0.717, 1.165) is 18.7 Å². The van der Waals surface area contributed by atoms with Gasteiger partial charge in [-0.2, -0.15) is 0 Å². The van der Waals surface area contributed by atoms with Crippen LogP contribution >= 0.6 is 43.2 Å². The zero-order chi connectivity index (χ0) is 12.4. The summed E-state index contributed by atoms with van der Waals surface area (Å²) in [5.41, 5.74) is 3.34. The molecule has 0 saturated carbocycles. The third-order valence-corrected chi connectivity index (χ3v) is 4.98. The zero-order valence-corrected chi connectivity index (χ0v) is 13.3. The quantitative estimate of drug-likeness (QED) is 0.812. The van der Waals surface area contributed by atoms with Crippen molar-refractivity contribution in [2.24, 2.45) is 0 Å². The molecule has 2 rings (SSSR count). The highest BCUT2D eigenvalue weighted by molar-refractivity contribution is 9.12. The molecule has 1 nitrogen and oxygen atoms in total. The highest BCUT2D eigenvalue weighted by Crippen LogP contribution is 2.36. The third kappa shape index (κ3) is 3.41. The Balaban J connectivity index is 2.14. The first kappa shape index (κ1) is 13.3. The van der Waals surface area contributed by atoms with Gasteiger partial charge in [0.25, 0.3) is 0 Å². The molecule has 17 heavy (non-hydrogen) atoms. The van der Waals surface area contributed by atoms with Crippen molar-refractivity contribution in [3.05, 3.63) is 54.6 Å². The Morgan fingerprint density at radius 2 is 1.88 bits per heavy atom. The molecule has 1 aromatic heterocycles. The molecule has 0 aliphatic rings. The summed E-state index contributed by atoms with van der Waals surface area (Å²) in [4.78, 5) is 0. The lowest BCUT2D eigenvalue weighted by molar-refractivity contribution is 0.178. The minimum Gasteiger partial charge on any atom is -0.388 e. The number of hydrogen-bond donors (Lipinski definition) is 1. The fourth-order valence-electron chi connectivity index (χ4n) is 1.64. The summed E-state index contributed by atoms with van der Waals surface area (Å²) < 4.78 is 2.02. The smallest absolute Gasteiger partial charge is 0.0849 e. The lowest BCUT2D eigenvalue weighted by Gasteiger charge is -2.10. The van der Waals surface area contributed by atoms with E-state index in [-0.39, 0.29) is 0 Å². The van der Waals surface area contributed by atoms with Crippen LogP contribution in [0.1, 0.15) is 22.8 Å². The van der Waals surface area contributed by atoms with Gasteiger partial charge in [-0.15, -0.1) is 11.3 Å². The van der Waals surface area contributed by atoms with Crippen molar-refractivity contribution in [2.45, 2.75) is 19.4 Å².